The van der Waals surface area contributed by atoms with Crippen molar-refractivity contribution in [1.29, 1.82) is 0 Å². The SMILES string of the molecule is Cc1csc(CNC(=O)N(C/C=C/c2ccccc2)C[C@@H]2CCCO2)n1. The number of nitrogens with one attached hydrogen (secondary N) is 1. The lowest BCUT2D eigenvalue weighted by atomic mass is 10.2. The Balaban J connectivity index is 1.57. The highest BCUT2D eigenvalue weighted by molar-refractivity contribution is 7.09. The van der Waals surface area contributed by atoms with Crippen LogP contribution < -0.4 is 5.32 Å². The maximum Gasteiger partial charge on any atom is 0.318 e. The molecule has 138 valence electrons. The maximum absolute atomic E-state index is 12.7. The average Bonchev–Trinajstić information content (AvgIpc) is 3.31. The first-order chi connectivity index (χ1) is 12.7. The lowest BCUT2D eigenvalue weighted by Crippen LogP contribution is -2.43. The van der Waals surface area contributed by atoms with E-state index in [0.29, 0.717) is 19.6 Å². The lowest BCUT2D eigenvalue weighted by molar-refractivity contribution is 0.0841. The number of thiazole rings is 1. The van der Waals surface area contributed by atoms with Crippen LogP contribution in [-0.2, 0) is 11.3 Å². The molecule has 0 radical (unpaired) electrons. The first-order valence-electron chi connectivity index (χ1n) is 8.97. The van der Waals surface area contributed by atoms with Crippen LogP contribution in [-0.4, -0.2) is 41.7 Å². The molecule has 1 atom stereocenters. The van der Waals surface area contributed by atoms with Crippen molar-refractivity contribution in [3.8, 4) is 0 Å². The Morgan fingerprint density at radius 1 is 1.42 bits per heavy atom. The van der Waals surface area contributed by atoms with Gasteiger partial charge in [-0.25, -0.2) is 9.78 Å². The molecule has 0 bridgehead atoms. The maximum atomic E-state index is 12.7. The molecule has 2 heterocycles. The summed E-state index contributed by atoms with van der Waals surface area (Å²) in [6.07, 6.45) is 6.28. The summed E-state index contributed by atoms with van der Waals surface area (Å²) in [6, 6.07) is 10.0. The summed E-state index contributed by atoms with van der Waals surface area (Å²) in [5.41, 5.74) is 2.12. The second kappa shape index (κ2) is 9.50. The number of hydrogen-bond acceptors (Lipinski definition) is 4. The van der Waals surface area contributed by atoms with Crippen LogP contribution in [0.3, 0.4) is 0 Å². The Labute approximate surface area is 158 Å². The van der Waals surface area contributed by atoms with E-state index in [1.807, 2.05) is 59.7 Å². The van der Waals surface area contributed by atoms with E-state index >= 15 is 0 Å². The Hall–Kier alpha value is -2.18. The summed E-state index contributed by atoms with van der Waals surface area (Å²) in [4.78, 5) is 18.9. The highest BCUT2D eigenvalue weighted by Crippen LogP contribution is 2.14. The molecule has 0 unspecified atom stereocenters. The van der Waals surface area contributed by atoms with Crippen molar-refractivity contribution in [3.63, 3.8) is 0 Å². The minimum absolute atomic E-state index is 0.0777. The van der Waals surface area contributed by atoms with E-state index in [0.717, 1.165) is 35.7 Å². The number of benzene rings is 1. The summed E-state index contributed by atoms with van der Waals surface area (Å²) >= 11 is 1.57. The summed E-state index contributed by atoms with van der Waals surface area (Å²) in [7, 11) is 0. The highest BCUT2D eigenvalue weighted by Gasteiger charge is 2.22. The molecule has 1 fully saturated rings. The van der Waals surface area contributed by atoms with Crippen LogP contribution in [0.1, 0.15) is 29.1 Å². The van der Waals surface area contributed by atoms with Crippen molar-refractivity contribution in [2.75, 3.05) is 19.7 Å². The van der Waals surface area contributed by atoms with E-state index < -0.39 is 0 Å². The van der Waals surface area contributed by atoms with Gasteiger partial charge in [0.1, 0.15) is 5.01 Å². The van der Waals surface area contributed by atoms with Crippen molar-refractivity contribution < 1.29 is 9.53 Å². The molecule has 1 aliphatic rings. The predicted molar refractivity (Wildman–Crippen MR) is 105 cm³/mol. The minimum Gasteiger partial charge on any atom is -0.376 e. The van der Waals surface area contributed by atoms with E-state index in [4.69, 9.17) is 4.74 Å². The number of ether oxygens (including phenoxy) is 1. The molecule has 1 aliphatic heterocycles. The monoisotopic (exact) mass is 371 g/mol. The average molecular weight is 372 g/mol. The Kier molecular flexibility index (Phi) is 6.80. The van der Waals surface area contributed by atoms with Crippen molar-refractivity contribution in [2.24, 2.45) is 0 Å². The van der Waals surface area contributed by atoms with Gasteiger partial charge in [-0.3, -0.25) is 0 Å². The third-order valence-corrected chi connectivity index (χ3v) is 5.19. The van der Waals surface area contributed by atoms with Crippen molar-refractivity contribution in [3.05, 3.63) is 58.1 Å². The lowest BCUT2D eigenvalue weighted by Gasteiger charge is -2.24. The first-order valence-corrected chi connectivity index (χ1v) is 9.85. The molecule has 0 spiro atoms. The van der Waals surface area contributed by atoms with Crippen molar-refractivity contribution in [2.45, 2.75) is 32.4 Å². The topological polar surface area (TPSA) is 54.5 Å². The van der Waals surface area contributed by atoms with Gasteiger partial charge in [-0.05, 0) is 25.3 Å². The number of nitrogens with zero attached hydrogens (tertiary/aromatic N) is 2. The summed E-state index contributed by atoms with van der Waals surface area (Å²) in [5, 5.41) is 5.90. The van der Waals surface area contributed by atoms with Crippen molar-refractivity contribution >= 4 is 23.4 Å². The molecule has 0 saturated carbocycles. The zero-order valence-electron chi connectivity index (χ0n) is 15.1. The molecule has 1 aromatic heterocycles. The molecule has 2 amide bonds. The zero-order chi connectivity index (χ0) is 18.2. The Morgan fingerprint density at radius 2 is 2.27 bits per heavy atom. The van der Waals surface area contributed by atoms with Crippen LogP contribution in [0.2, 0.25) is 0 Å². The fraction of sp³-hybridized carbons (Fsp3) is 0.400. The normalized spacial score (nSPS) is 16.9. The van der Waals surface area contributed by atoms with E-state index in [1.54, 1.807) is 11.3 Å². The van der Waals surface area contributed by atoms with Crippen LogP contribution in [0.5, 0.6) is 0 Å². The molecule has 0 aliphatic carbocycles. The number of carbonyl (C=O) groups is 1. The van der Waals surface area contributed by atoms with Crippen LogP contribution in [0.25, 0.3) is 6.08 Å². The molecular formula is C20H25N3O2S. The third kappa shape index (κ3) is 5.68. The van der Waals surface area contributed by atoms with Gasteiger partial charge in [0.2, 0.25) is 0 Å². The van der Waals surface area contributed by atoms with Gasteiger partial charge in [-0.15, -0.1) is 11.3 Å². The van der Waals surface area contributed by atoms with Gasteiger partial charge in [0, 0.05) is 30.8 Å². The Morgan fingerprint density at radius 3 is 2.96 bits per heavy atom. The molecule has 1 aromatic carbocycles. The third-order valence-electron chi connectivity index (χ3n) is 4.23. The molecule has 1 saturated heterocycles. The first kappa shape index (κ1) is 18.6. The minimum atomic E-state index is -0.0777. The fourth-order valence-corrected chi connectivity index (χ4v) is 3.61. The molecule has 2 aromatic rings. The van der Waals surface area contributed by atoms with Gasteiger partial charge in [0.25, 0.3) is 0 Å². The van der Waals surface area contributed by atoms with Gasteiger partial charge in [-0.2, -0.15) is 0 Å². The number of carbonyl (C=O) groups excluding carboxylic acids is 1. The number of aromatic nitrogens is 1. The van der Waals surface area contributed by atoms with Crippen LogP contribution in [0.4, 0.5) is 4.79 Å². The van der Waals surface area contributed by atoms with E-state index in [2.05, 4.69) is 10.3 Å². The largest absolute Gasteiger partial charge is 0.376 e. The summed E-state index contributed by atoms with van der Waals surface area (Å²) in [5.74, 6) is 0. The summed E-state index contributed by atoms with van der Waals surface area (Å²) < 4.78 is 5.71. The van der Waals surface area contributed by atoms with Gasteiger partial charge in [-0.1, -0.05) is 42.5 Å². The fourth-order valence-electron chi connectivity index (χ4n) is 2.90. The number of aryl methyl sites for hydroxylation is 1. The molecular weight excluding hydrogens is 346 g/mol. The van der Waals surface area contributed by atoms with Gasteiger partial charge >= 0.3 is 6.03 Å². The second-order valence-corrected chi connectivity index (χ2v) is 7.34. The quantitative estimate of drug-likeness (QED) is 0.804. The second-order valence-electron chi connectivity index (χ2n) is 6.39. The van der Waals surface area contributed by atoms with Crippen molar-refractivity contribution in [1.82, 2.24) is 15.2 Å². The van der Waals surface area contributed by atoms with Crippen LogP contribution in [0.15, 0.2) is 41.8 Å². The summed E-state index contributed by atoms with van der Waals surface area (Å²) in [6.45, 7) is 4.37. The van der Waals surface area contributed by atoms with E-state index in [9.17, 15) is 4.79 Å². The molecule has 3 rings (SSSR count). The number of amides is 2. The molecule has 5 nitrogen and oxygen atoms in total. The van der Waals surface area contributed by atoms with Gasteiger partial charge < -0.3 is 15.0 Å². The van der Waals surface area contributed by atoms with Crippen LogP contribution >= 0.6 is 11.3 Å². The number of hydrogen-bond donors (Lipinski definition) is 1. The Bertz CT molecular complexity index is 724. The molecule has 6 heteroatoms. The van der Waals surface area contributed by atoms with E-state index in [1.165, 1.54) is 0 Å². The van der Waals surface area contributed by atoms with Gasteiger partial charge in [0.15, 0.2) is 0 Å². The van der Waals surface area contributed by atoms with Gasteiger partial charge in [0.05, 0.1) is 12.6 Å². The number of rotatable bonds is 7. The zero-order valence-corrected chi connectivity index (χ0v) is 15.9. The van der Waals surface area contributed by atoms with E-state index in [-0.39, 0.29) is 12.1 Å². The molecule has 1 N–H and O–H groups in total. The highest BCUT2D eigenvalue weighted by atomic mass is 32.1. The number of urea groups is 1. The van der Waals surface area contributed by atoms with Crippen LogP contribution in [0, 0.1) is 6.92 Å². The molecule has 26 heavy (non-hydrogen) atoms. The standard InChI is InChI=1S/C20H25N3O2S/c1-16-15-26-19(22-16)13-21-20(24)23(14-18-10-6-12-25-18)11-5-9-17-7-3-2-4-8-17/h2-5,7-9,15,18H,6,10-14H2,1H3,(H,21,24)/b9-5+/t18-/m0/s1. The predicted octanol–water partition coefficient (Wildman–Crippen LogP) is 3.86. The smallest absolute Gasteiger partial charge is 0.318 e.